The van der Waals surface area contributed by atoms with Crippen LogP contribution in [0.3, 0.4) is 0 Å². The van der Waals surface area contributed by atoms with Gasteiger partial charge in [0, 0.05) is 12.1 Å². The molecule has 0 radical (unpaired) electrons. The quantitative estimate of drug-likeness (QED) is 0.853. The summed E-state index contributed by atoms with van der Waals surface area (Å²) in [5.74, 6) is -0.291. The van der Waals surface area contributed by atoms with Gasteiger partial charge in [-0.15, -0.1) is 0 Å². The van der Waals surface area contributed by atoms with Crippen molar-refractivity contribution < 1.29 is 9.18 Å². The smallest absolute Gasteiger partial charge is 0.227 e. The molecule has 102 valence electrons. The fourth-order valence-electron chi connectivity index (χ4n) is 2.49. The number of nitrogens with two attached hydrogens (primary N) is 1. The number of hydrogen-bond donors (Lipinski definition) is 1. The number of fused-ring (bicyclic) bond motifs is 1. The lowest BCUT2D eigenvalue weighted by Gasteiger charge is -2.29. The average molecular weight is 270 g/mol. The van der Waals surface area contributed by atoms with Crippen molar-refractivity contribution >= 4 is 17.3 Å². The minimum absolute atomic E-state index is 0.0277. The molecule has 0 aliphatic carbocycles. The summed E-state index contributed by atoms with van der Waals surface area (Å²) in [5.41, 5.74) is 9.01. The summed E-state index contributed by atoms with van der Waals surface area (Å²) in [6.45, 7) is 0.440. The van der Waals surface area contributed by atoms with Crippen molar-refractivity contribution in [2.75, 3.05) is 10.6 Å². The van der Waals surface area contributed by atoms with Crippen molar-refractivity contribution in [3.8, 4) is 0 Å². The maximum atomic E-state index is 13.4. The lowest BCUT2D eigenvalue weighted by molar-refractivity contribution is -0.119. The number of carbonyl (C=O) groups excluding carboxylic acids is 1. The second kappa shape index (κ2) is 4.96. The second-order valence-corrected chi connectivity index (χ2v) is 4.99. The number of nitrogen functional groups attached to an aromatic ring is 1. The van der Waals surface area contributed by atoms with Crippen LogP contribution in [0.1, 0.15) is 17.5 Å². The molecule has 0 fully saturated rings. The van der Waals surface area contributed by atoms with Gasteiger partial charge in [-0.2, -0.15) is 0 Å². The van der Waals surface area contributed by atoms with E-state index in [4.69, 9.17) is 5.73 Å². The number of carbonyl (C=O) groups is 1. The molecule has 20 heavy (non-hydrogen) atoms. The van der Waals surface area contributed by atoms with Gasteiger partial charge in [0.05, 0.1) is 12.2 Å². The summed E-state index contributed by atoms with van der Waals surface area (Å²) < 4.78 is 13.4. The van der Waals surface area contributed by atoms with Crippen molar-refractivity contribution in [2.24, 2.45) is 0 Å². The topological polar surface area (TPSA) is 46.3 Å². The molecular weight excluding hydrogens is 255 g/mol. The third-order valence-electron chi connectivity index (χ3n) is 3.57. The van der Waals surface area contributed by atoms with Crippen LogP contribution in [-0.4, -0.2) is 5.91 Å². The van der Waals surface area contributed by atoms with Crippen LogP contribution in [0, 0.1) is 5.82 Å². The summed E-state index contributed by atoms with van der Waals surface area (Å²) in [7, 11) is 0. The van der Waals surface area contributed by atoms with Gasteiger partial charge < -0.3 is 10.6 Å². The van der Waals surface area contributed by atoms with Crippen molar-refractivity contribution in [1.82, 2.24) is 0 Å². The van der Waals surface area contributed by atoms with Gasteiger partial charge in [-0.05, 0) is 41.8 Å². The highest BCUT2D eigenvalue weighted by Gasteiger charge is 2.24. The number of amides is 1. The lowest BCUT2D eigenvalue weighted by Crippen LogP contribution is -2.34. The van der Waals surface area contributed by atoms with Crippen molar-refractivity contribution in [2.45, 2.75) is 19.4 Å². The first-order chi connectivity index (χ1) is 9.63. The Balaban J connectivity index is 1.94. The second-order valence-electron chi connectivity index (χ2n) is 4.99. The van der Waals surface area contributed by atoms with Gasteiger partial charge in [-0.25, -0.2) is 4.39 Å². The molecule has 3 nitrogen and oxygen atoms in total. The van der Waals surface area contributed by atoms with E-state index in [1.165, 1.54) is 12.1 Å². The summed E-state index contributed by atoms with van der Waals surface area (Å²) in [4.78, 5) is 13.8. The van der Waals surface area contributed by atoms with Crippen molar-refractivity contribution in [3.63, 3.8) is 0 Å². The molecule has 2 aromatic carbocycles. The van der Waals surface area contributed by atoms with E-state index >= 15 is 0 Å². The highest BCUT2D eigenvalue weighted by Crippen LogP contribution is 2.30. The normalized spacial score (nSPS) is 14.2. The molecule has 3 rings (SSSR count). The van der Waals surface area contributed by atoms with Gasteiger partial charge in [0.1, 0.15) is 5.82 Å². The Kier molecular flexibility index (Phi) is 3.14. The Bertz CT molecular complexity index is 652. The molecule has 0 aromatic heterocycles. The Morgan fingerprint density at radius 2 is 1.85 bits per heavy atom. The first-order valence-corrected chi connectivity index (χ1v) is 6.57. The molecule has 1 heterocycles. The summed E-state index contributed by atoms with van der Waals surface area (Å²) in [5, 5.41) is 0. The van der Waals surface area contributed by atoms with Crippen LogP contribution in [-0.2, 0) is 17.8 Å². The van der Waals surface area contributed by atoms with E-state index in [1.807, 2.05) is 12.1 Å². The van der Waals surface area contributed by atoms with Gasteiger partial charge in [-0.3, -0.25) is 4.79 Å². The highest BCUT2D eigenvalue weighted by molar-refractivity contribution is 5.96. The minimum Gasteiger partial charge on any atom is -0.399 e. The van der Waals surface area contributed by atoms with Gasteiger partial charge >= 0.3 is 0 Å². The SMILES string of the molecule is Nc1ccc(CN2C(=O)CCc3ccc(F)cc32)cc1. The number of hydrogen-bond acceptors (Lipinski definition) is 2. The van der Waals surface area contributed by atoms with Gasteiger partial charge in [-0.1, -0.05) is 18.2 Å². The summed E-state index contributed by atoms with van der Waals surface area (Å²) in [6.07, 6.45) is 1.14. The zero-order valence-electron chi connectivity index (χ0n) is 11.0. The molecule has 1 aliphatic rings. The number of halogens is 1. The highest BCUT2D eigenvalue weighted by atomic mass is 19.1. The minimum atomic E-state index is -0.319. The standard InChI is InChI=1S/C16H15FN2O/c17-13-5-3-12-4-8-16(20)19(15(12)9-13)10-11-1-6-14(18)7-2-11/h1-3,5-7,9H,4,8,10,18H2. The third-order valence-corrected chi connectivity index (χ3v) is 3.57. The van der Waals surface area contributed by atoms with Crippen LogP contribution in [0.5, 0.6) is 0 Å². The maximum Gasteiger partial charge on any atom is 0.227 e. The molecule has 0 spiro atoms. The number of nitrogens with zero attached hydrogens (tertiary/aromatic N) is 1. The van der Waals surface area contributed by atoms with E-state index in [1.54, 1.807) is 23.1 Å². The zero-order chi connectivity index (χ0) is 14.1. The van der Waals surface area contributed by atoms with Crippen LogP contribution in [0.25, 0.3) is 0 Å². The van der Waals surface area contributed by atoms with Gasteiger partial charge in [0.2, 0.25) is 5.91 Å². The van der Waals surface area contributed by atoms with E-state index in [0.29, 0.717) is 30.8 Å². The molecule has 2 N–H and O–H groups in total. The number of aryl methyl sites for hydroxylation is 1. The van der Waals surface area contributed by atoms with Crippen molar-refractivity contribution in [1.29, 1.82) is 0 Å². The third kappa shape index (κ3) is 2.37. The van der Waals surface area contributed by atoms with Crippen LogP contribution in [0.15, 0.2) is 42.5 Å². The van der Waals surface area contributed by atoms with Crippen LogP contribution < -0.4 is 10.6 Å². The molecule has 4 heteroatoms. The zero-order valence-corrected chi connectivity index (χ0v) is 11.0. The molecule has 1 amide bonds. The lowest BCUT2D eigenvalue weighted by atomic mass is 10.0. The first-order valence-electron chi connectivity index (χ1n) is 6.57. The van der Waals surface area contributed by atoms with Crippen LogP contribution in [0.4, 0.5) is 15.8 Å². The number of rotatable bonds is 2. The molecule has 0 unspecified atom stereocenters. The van der Waals surface area contributed by atoms with E-state index in [2.05, 4.69) is 0 Å². The molecule has 2 aromatic rings. The molecule has 0 saturated heterocycles. The Morgan fingerprint density at radius 3 is 2.60 bits per heavy atom. The molecule has 0 atom stereocenters. The van der Waals surface area contributed by atoms with E-state index < -0.39 is 0 Å². The number of benzene rings is 2. The Labute approximate surface area is 116 Å². The molecule has 0 saturated carbocycles. The summed E-state index contributed by atoms with van der Waals surface area (Å²) in [6, 6.07) is 12.0. The molecule has 0 bridgehead atoms. The summed E-state index contributed by atoms with van der Waals surface area (Å²) >= 11 is 0. The van der Waals surface area contributed by atoms with Gasteiger partial charge in [0.15, 0.2) is 0 Å². The fourth-order valence-corrected chi connectivity index (χ4v) is 2.49. The number of anilines is 2. The first kappa shape index (κ1) is 12.7. The van der Waals surface area contributed by atoms with E-state index in [-0.39, 0.29) is 11.7 Å². The molecular formula is C16H15FN2O. The van der Waals surface area contributed by atoms with Crippen LogP contribution in [0.2, 0.25) is 0 Å². The Hall–Kier alpha value is -2.36. The fraction of sp³-hybridized carbons (Fsp3) is 0.188. The average Bonchev–Trinajstić information content (AvgIpc) is 2.44. The van der Waals surface area contributed by atoms with Crippen LogP contribution >= 0.6 is 0 Å². The predicted molar refractivity (Wildman–Crippen MR) is 76.8 cm³/mol. The Morgan fingerprint density at radius 1 is 1.10 bits per heavy atom. The molecule has 1 aliphatic heterocycles. The predicted octanol–water partition coefficient (Wildman–Crippen LogP) is 2.89. The maximum absolute atomic E-state index is 13.4. The largest absolute Gasteiger partial charge is 0.399 e. The van der Waals surface area contributed by atoms with E-state index in [9.17, 15) is 9.18 Å². The van der Waals surface area contributed by atoms with Gasteiger partial charge in [0.25, 0.3) is 0 Å². The van der Waals surface area contributed by atoms with Crippen molar-refractivity contribution in [3.05, 3.63) is 59.4 Å². The van der Waals surface area contributed by atoms with E-state index in [0.717, 1.165) is 11.1 Å². The monoisotopic (exact) mass is 270 g/mol.